The first kappa shape index (κ1) is 82.6. The van der Waals surface area contributed by atoms with E-state index < -0.39 is 115 Å². The van der Waals surface area contributed by atoms with E-state index in [0.29, 0.717) is 55.6 Å². The Morgan fingerprint density at radius 1 is 0.466 bits per heavy atom. The highest BCUT2D eigenvalue weighted by molar-refractivity contribution is 6.62. The molecule has 2 N–H and O–H groups in total. The van der Waals surface area contributed by atoms with Crippen molar-refractivity contribution in [3.63, 3.8) is 0 Å². The standard InChI is InChI=1S/C81H108B2O20/c1-13-18-42-94-72(87)77(7,8)54-80(12,49-65(61-22-20-19-21-23-61)48-79(11,74(89)95-43-40-84)47-59(15-3)62-30-26-58(27-31-62)51-99-71(86)64-34-38-67(39-35-64)83-101-53-69(17-5)103-83)75(90)97-45-44-96-73(88)78(9,10)55-81(92,76(91)93-41-14-2)46-56(6)60-28-24-57(25-29-60)50-98-70(85)63-32-36-66(37-33-63)82-100-52-68(16-4)102-82/h19-39,56,59,65,68-69,84,92H,13-18,40-55H2,1-12H3. The van der Waals surface area contributed by atoms with E-state index in [4.69, 9.17) is 51.8 Å². The summed E-state index contributed by atoms with van der Waals surface area (Å²) in [5.74, 6) is -5.55. The summed E-state index contributed by atoms with van der Waals surface area (Å²) in [6.07, 6.45) is 4.25. The molecule has 0 saturated carbocycles. The lowest BCUT2D eigenvalue weighted by Gasteiger charge is -2.40. The average Bonchev–Trinajstić information content (AvgIpc) is 1.17. The summed E-state index contributed by atoms with van der Waals surface area (Å²) in [7, 11) is -0.962. The Morgan fingerprint density at radius 2 is 0.903 bits per heavy atom. The van der Waals surface area contributed by atoms with Gasteiger partial charge in [0.25, 0.3) is 0 Å². The molecule has 2 heterocycles. The number of benzene rings is 5. The smallest absolute Gasteiger partial charge is 0.465 e. The maximum Gasteiger partial charge on any atom is 0.494 e. The van der Waals surface area contributed by atoms with Gasteiger partial charge in [0, 0.05) is 6.42 Å². The second-order valence-electron chi connectivity index (χ2n) is 29.5. The van der Waals surface area contributed by atoms with Crippen molar-refractivity contribution in [2.75, 3.05) is 52.9 Å². The molecule has 2 aliphatic heterocycles. The summed E-state index contributed by atoms with van der Waals surface area (Å²) in [5, 5.41) is 22.3. The van der Waals surface area contributed by atoms with Gasteiger partial charge in [-0.3, -0.25) is 19.2 Å². The quantitative estimate of drug-likeness (QED) is 0.0159. The third-order valence-corrected chi connectivity index (χ3v) is 19.6. The van der Waals surface area contributed by atoms with Crippen molar-refractivity contribution in [3.05, 3.63) is 166 Å². The van der Waals surface area contributed by atoms with Gasteiger partial charge in [-0.2, -0.15) is 0 Å². The van der Waals surface area contributed by atoms with Gasteiger partial charge < -0.3 is 62.0 Å². The van der Waals surface area contributed by atoms with Gasteiger partial charge in [-0.25, -0.2) is 14.4 Å². The second-order valence-corrected chi connectivity index (χ2v) is 29.5. The molecule has 5 aromatic carbocycles. The van der Waals surface area contributed by atoms with Crippen LogP contribution in [0.4, 0.5) is 0 Å². The molecule has 0 bridgehead atoms. The Hall–Kier alpha value is -7.72. The van der Waals surface area contributed by atoms with Gasteiger partial charge in [0.05, 0.1) is 78.0 Å². The highest BCUT2D eigenvalue weighted by Crippen LogP contribution is 2.49. The van der Waals surface area contributed by atoms with E-state index in [1.807, 2.05) is 115 Å². The molecule has 5 aromatic rings. The molecular weight excluding hydrogens is 1310 g/mol. The molecule has 20 nitrogen and oxygen atoms in total. The fourth-order valence-electron chi connectivity index (χ4n) is 13.6. The molecule has 8 atom stereocenters. The number of unbranched alkanes of at least 4 members (excludes halogenated alkanes) is 1. The molecule has 22 heteroatoms. The molecular formula is C81H108B2O20. The number of rotatable bonds is 41. The number of carbonyl (C=O) groups excluding carboxylic acids is 7. The van der Waals surface area contributed by atoms with Crippen LogP contribution in [0.3, 0.4) is 0 Å². The van der Waals surface area contributed by atoms with E-state index in [1.54, 1.807) is 95.3 Å². The number of carbonyl (C=O) groups is 7. The summed E-state index contributed by atoms with van der Waals surface area (Å²) in [6.45, 7) is 21.7. The molecule has 103 heavy (non-hydrogen) atoms. The number of hydrogen-bond donors (Lipinski definition) is 2. The minimum Gasteiger partial charge on any atom is -0.465 e. The minimum absolute atomic E-state index is 0.00476. The van der Waals surface area contributed by atoms with Gasteiger partial charge in [0.1, 0.15) is 33.0 Å². The first-order chi connectivity index (χ1) is 49.1. The van der Waals surface area contributed by atoms with E-state index in [0.717, 1.165) is 52.4 Å². The molecule has 558 valence electrons. The predicted octanol–water partition coefficient (Wildman–Crippen LogP) is 12.6. The number of aliphatic hydroxyl groups is 2. The zero-order valence-electron chi connectivity index (χ0n) is 62.5. The highest BCUT2D eigenvalue weighted by atomic mass is 16.7. The SMILES string of the molecule is CCCCOC(=O)C(C)(C)CC(C)(CC(CC(C)(CC(CC)c1ccc(COC(=O)c2ccc(B3OCC(CC)O3)cc2)cc1)C(=O)OCCO)c1ccccc1)C(=O)OCCOC(=O)C(C)(C)CC(O)(CC(C)c1ccc(COC(=O)c2ccc(B3OCC(CC)O3)cc2)cc1)C(=O)OCCC. The fourth-order valence-corrected chi connectivity index (χ4v) is 13.6. The van der Waals surface area contributed by atoms with Gasteiger partial charge >= 0.3 is 56.0 Å². The normalized spacial score (nSPS) is 17.3. The Morgan fingerprint density at radius 3 is 1.38 bits per heavy atom. The molecule has 2 aliphatic rings. The summed E-state index contributed by atoms with van der Waals surface area (Å²) < 4.78 is 63.7. The predicted molar refractivity (Wildman–Crippen MR) is 391 cm³/mol. The van der Waals surface area contributed by atoms with Crippen LogP contribution < -0.4 is 10.9 Å². The van der Waals surface area contributed by atoms with Gasteiger partial charge in [-0.1, -0.05) is 151 Å². The number of hydrogen-bond acceptors (Lipinski definition) is 20. The number of ether oxygens (including phenoxy) is 7. The largest absolute Gasteiger partial charge is 0.494 e. The van der Waals surface area contributed by atoms with E-state index in [9.17, 15) is 39.0 Å². The molecule has 2 fully saturated rings. The Labute approximate surface area is 609 Å². The Bertz CT molecular complexity index is 3530. The van der Waals surface area contributed by atoms with Gasteiger partial charge in [-0.15, -0.1) is 0 Å². The van der Waals surface area contributed by atoms with Crippen molar-refractivity contribution in [1.82, 2.24) is 0 Å². The minimum atomic E-state index is -2.16. The lowest BCUT2D eigenvalue weighted by atomic mass is 9.64. The fraction of sp³-hybridized carbons (Fsp3) is 0.543. The molecule has 2 saturated heterocycles. The van der Waals surface area contributed by atoms with Crippen LogP contribution in [0.1, 0.15) is 226 Å². The molecule has 0 radical (unpaired) electrons. The highest BCUT2D eigenvalue weighted by Gasteiger charge is 2.50. The summed E-state index contributed by atoms with van der Waals surface area (Å²) >= 11 is 0. The molecule has 0 amide bonds. The third kappa shape index (κ3) is 23.6. The average molecular weight is 1420 g/mol. The first-order valence-corrected chi connectivity index (χ1v) is 36.6. The van der Waals surface area contributed by atoms with E-state index in [2.05, 4.69) is 0 Å². The lowest BCUT2D eigenvalue weighted by Crippen LogP contribution is -2.47. The third-order valence-electron chi connectivity index (χ3n) is 19.6. The number of aliphatic hydroxyl groups excluding tert-OH is 1. The van der Waals surface area contributed by atoms with E-state index in [-0.39, 0.29) is 83.3 Å². The van der Waals surface area contributed by atoms with Crippen LogP contribution >= 0.6 is 0 Å². The molecule has 0 spiro atoms. The number of esters is 7. The molecule has 0 aromatic heterocycles. The van der Waals surface area contributed by atoms with Gasteiger partial charge in [0.15, 0.2) is 5.60 Å². The van der Waals surface area contributed by atoms with Crippen molar-refractivity contribution in [1.29, 1.82) is 0 Å². The Kier molecular flexibility index (Phi) is 31.2. The maximum absolute atomic E-state index is 15.1. The van der Waals surface area contributed by atoms with E-state index >= 15 is 4.79 Å². The van der Waals surface area contributed by atoms with Crippen LogP contribution in [0.5, 0.6) is 0 Å². The summed E-state index contributed by atoms with van der Waals surface area (Å²) in [4.78, 5) is 98.1. The van der Waals surface area contributed by atoms with Gasteiger partial charge in [0.2, 0.25) is 0 Å². The summed E-state index contributed by atoms with van der Waals surface area (Å²) in [6, 6.07) is 38.4. The van der Waals surface area contributed by atoms with Crippen molar-refractivity contribution < 1.29 is 95.6 Å². The monoisotopic (exact) mass is 1420 g/mol. The summed E-state index contributed by atoms with van der Waals surface area (Å²) in [5.41, 5.74) is -1.19. The topological polar surface area (TPSA) is 261 Å². The van der Waals surface area contributed by atoms with Crippen LogP contribution in [0, 0.1) is 21.7 Å². The zero-order valence-corrected chi connectivity index (χ0v) is 62.5. The first-order valence-electron chi connectivity index (χ1n) is 36.6. The van der Waals surface area contributed by atoms with E-state index in [1.165, 1.54) is 0 Å². The maximum atomic E-state index is 15.1. The Balaban J connectivity index is 1.02. The van der Waals surface area contributed by atoms with Crippen molar-refractivity contribution >= 4 is 66.9 Å². The molecule has 7 rings (SSSR count). The van der Waals surface area contributed by atoms with Crippen LogP contribution in [0.15, 0.2) is 127 Å². The van der Waals surface area contributed by atoms with Crippen LogP contribution in [-0.2, 0) is 89.0 Å². The van der Waals surface area contributed by atoms with Gasteiger partial charge in [-0.05, 0) is 187 Å². The molecule has 0 aliphatic carbocycles. The lowest BCUT2D eigenvalue weighted by molar-refractivity contribution is -0.177. The van der Waals surface area contributed by atoms with Crippen LogP contribution in [0.2, 0.25) is 0 Å². The molecule has 8 unspecified atom stereocenters. The van der Waals surface area contributed by atoms with Crippen LogP contribution in [-0.4, -0.2) is 137 Å². The zero-order chi connectivity index (χ0) is 75.0. The second kappa shape index (κ2) is 38.9. The van der Waals surface area contributed by atoms with Crippen molar-refractivity contribution in [2.45, 2.75) is 209 Å². The van der Waals surface area contributed by atoms with Crippen molar-refractivity contribution in [3.8, 4) is 0 Å². The van der Waals surface area contributed by atoms with Crippen molar-refractivity contribution in [2.24, 2.45) is 21.7 Å². The van der Waals surface area contributed by atoms with Crippen LogP contribution in [0.25, 0.3) is 0 Å².